The fraction of sp³-hybridized carbons (Fsp3) is 0.714. The highest BCUT2D eigenvalue weighted by molar-refractivity contribution is 5.77. The third kappa shape index (κ3) is 2.04. The monoisotopic (exact) mass is 129 g/mol. The third-order valence-electron chi connectivity index (χ3n) is 1.43. The van der Waals surface area contributed by atoms with Crippen LogP contribution < -0.4 is 0 Å². The number of hydrogen-bond donors (Lipinski definition) is 0. The summed E-state index contributed by atoms with van der Waals surface area (Å²) in [6, 6.07) is 0. The van der Waals surface area contributed by atoms with Crippen LogP contribution >= 0.6 is 0 Å². The van der Waals surface area contributed by atoms with Crippen LogP contribution in [-0.4, -0.2) is 13.1 Å². The lowest BCUT2D eigenvalue weighted by atomic mass is 9.91. The molecule has 0 spiro atoms. The summed E-state index contributed by atoms with van der Waals surface area (Å²) < 4.78 is 4.54. The van der Waals surface area contributed by atoms with E-state index in [2.05, 4.69) is 4.74 Å². The van der Waals surface area contributed by atoms with Crippen molar-refractivity contribution in [1.29, 1.82) is 0 Å². The summed E-state index contributed by atoms with van der Waals surface area (Å²) in [4.78, 5) is 10.8. The van der Waals surface area contributed by atoms with Gasteiger partial charge in [0.2, 0.25) is 0 Å². The van der Waals surface area contributed by atoms with E-state index in [1.807, 2.05) is 27.2 Å². The van der Waals surface area contributed by atoms with Gasteiger partial charge >= 0.3 is 5.97 Å². The lowest BCUT2D eigenvalue weighted by Crippen LogP contribution is -2.24. The minimum absolute atomic E-state index is 0.190. The van der Waals surface area contributed by atoms with E-state index in [1.54, 1.807) is 0 Å². The number of rotatable bonds is 2. The van der Waals surface area contributed by atoms with Gasteiger partial charge in [0, 0.05) is 0 Å². The van der Waals surface area contributed by atoms with Gasteiger partial charge in [0.05, 0.1) is 12.5 Å². The molecule has 0 fully saturated rings. The second-order valence-electron chi connectivity index (χ2n) is 2.50. The van der Waals surface area contributed by atoms with E-state index >= 15 is 0 Å². The van der Waals surface area contributed by atoms with Gasteiger partial charge < -0.3 is 4.74 Å². The molecule has 0 aliphatic carbocycles. The second-order valence-corrected chi connectivity index (χ2v) is 2.50. The van der Waals surface area contributed by atoms with Crippen LogP contribution in [0.25, 0.3) is 0 Å². The lowest BCUT2D eigenvalue weighted by molar-refractivity contribution is -0.148. The van der Waals surface area contributed by atoms with Gasteiger partial charge in [-0.25, -0.2) is 0 Å². The zero-order chi connectivity index (χ0) is 7.49. The van der Waals surface area contributed by atoms with Gasteiger partial charge in [0.25, 0.3) is 0 Å². The quantitative estimate of drug-likeness (QED) is 0.527. The molecule has 1 radical (unpaired) electrons. The molecule has 0 amide bonds. The molecule has 0 aliphatic heterocycles. The molecular formula is C7H13O2. The van der Waals surface area contributed by atoms with Crippen LogP contribution in [0.2, 0.25) is 0 Å². The highest BCUT2D eigenvalue weighted by atomic mass is 16.5. The predicted molar refractivity (Wildman–Crippen MR) is 35.8 cm³/mol. The van der Waals surface area contributed by atoms with Crippen LogP contribution in [0.4, 0.5) is 0 Å². The van der Waals surface area contributed by atoms with Gasteiger partial charge in [-0.05, 0) is 20.3 Å². The summed E-state index contributed by atoms with van der Waals surface area (Å²) in [6.07, 6.45) is 1.82. The van der Waals surface area contributed by atoms with Gasteiger partial charge in [-0.3, -0.25) is 4.79 Å². The molecule has 0 bridgehead atoms. The van der Waals surface area contributed by atoms with Crippen molar-refractivity contribution in [3.63, 3.8) is 0 Å². The highest BCUT2D eigenvalue weighted by Crippen LogP contribution is 2.19. The Labute approximate surface area is 56.2 Å². The summed E-state index contributed by atoms with van der Waals surface area (Å²) in [6.45, 7) is 5.48. The first-order valence-electron chi connectivity index (χ1n) is 2.93. The zero-order valence-electron chi connectivity index (χ0n) is 6.39. The third-order valence-corrected chi connectivity index (χ3v) is 1.43. The molecule has 0 N–H and O–H groups in total. The standard InChI is InChI=1S/C7H13O2/c1-5-7(2,3)6(8)9-4/h5H,1-4H3. The number of carbonyl (C=O) groups is 1. The Bertz CT molecular complexity index is 105. The summed E-state index contributed by atoms with van der Waals surface area (Å²) in [7, 11) is 1.40. The summed E-state index contributed by atoms with van der Waals surface area (Å²) in [5, 5.41) is 0. The van der Waals surface area contributed by atoms with Crippen LogP contribution in [0.5, 0.6) is 0 Å². The van der Waals surface area contributed by atoms with Crippen molar-refractivity contribution in [3.8, 4) is 0 Å². The van der Waals surface area contributed by atoms with E-state index in [-0.39, 0.29) is 5.97 Å². The number of ether oxygens (including phenoxy) is 1. The van der Waals surface area contributed by atoms with Gasteiger partial charge in [0.15, 0.2) is 0 Å². The van der Waals surface area contributed by atoms with Crippen molar-refractivity contribution in [2.75, 3.05) is 7.11 Å². The van der Waals surface area contributed by atoms with Crippen LogP contribution in [0, 0.1) is 11.8 Å². The summed E-state index contributed by atoms with van der Waals surface area (Å²) in [5.74, 6) is -0.190. The van der Waals surface area contributed by atoms with Crippen molar-refractivity contribution < 1.29 is 9.53 Å². The number of hydrogen-bond acceptors (Lipinski definition) is 2. The Kier molecular flexibility index (Phi) is 2.68. The molecular weight excluding hydrogens is 116 g/mol. The molecule has 53 valence electrons. The van der Waals surface area contributed by atoms with Crippen molar-refractivity contribution in [1.82, 2.24) is 0 Å². The van der Waals surface area contributed by atoms with Crippen LogP contribution in [-0.2, 0) is 9.53 Å². The van der Waals surface area contributed by atoms with Crippen LogP contribution in [0.1, 0.15) is 20.8 Å². The molecule has 0 saturated carbocycles. The number of esters is 1. The van der Waals surface area contributed by atoms with E-state index < -0.39 is 5.41 Å². The Morgan fingerprint density at radius 3 is 2.11 bits per heavy atom. The van der Waals surface area contributed by atoms with Gasteiger partial charge in [-0.2, -0.15) is 0 Å². The normalized spacial score (nSPS) is 11.1. The first-order valence-corrected chi connectivity index (χ1v) is 2.93. The fourth-order valence-corrected chi connectivity index (χ4v) is 0.381. The van der Waals surface area contributed by atoms with Gasteiger partial charge in [0.1, 0.15) is 0 Å². The van der Waals surface area contributed by atoms with E-state index in [0.717, 1.165) is 0 Å². The Balaban J connectivity index is 3.97. The molecule has 0 heterocycles. The molecule has 0 aliphatic rings. The van der Waals surface area contributed by atoms with E-state index in [1.165, 1.54) is 7.11 Å². The number of methoxy groups -OCH3 is 1. The molecule has 9 heavy (non-hydrogen) atoms. The van der Waals surface area contributed by atoms with Crippen LogP contribution in [0.3, 0.4) is 0 Å². The Morgan fingerprint density at radius 2 is 2.00 bits per heavy atom. The molecule has 0 rings (SSSR count). The first-order chi connectivity index (χ1) is 4.04. The molecule has 0 aromatic heterocycles. The molecule has 2 heteroatoms. The Hall–Kier alpha value is -0.530. The van der Waals surface area contributed by atoms with Crippen molar-refractivity contribution >= 4 is 5.97 Å². The van der Waals surface area contributed by atoms with Crippen molar-refractivity contribution in [2.45, 2.75) is 20.8 Å². The average Bonchev–Trinajstić information content (AvgIpc) is 1.86. The number of carbonyl (C=O) groups excluding carboxylic acids is 1. The zero-order valence-corrected chi connectivity index (χ0v) is 6.39. The lowest BCUT2D eigenvalue weighted by Gasteiger charge is -2.17. The van der Waals surface area contributed by atoms with Crippen molar-refractivity contribution in [3.05, 3.63) is 6.42 Å². The Morgan fingerprint density at radius 1 is 1.56 bits per heavy atom. The summed E-state index contributed by atoms with van der Waals surface area (Å²) >= 11 is 0. The molecule has 2 nitrogen and oxygen atoms in total. The molecule has 0 aromatic rings. The predicted octanol–water partition coefficient (Wildman–Crippen LogP) is 1.41. The highest BCUT2D eigenvalue weighted by Gasteiger charge is 2.25. The molecule has 0 saturated heterocycles. The SMILES string of the molecule is C[CH]C(C)(C)C(=O)OC. The molecule has 0 aromatic carbocycles. The second kappa shape index (κ2) is 2.85. The first kappa shape index (κ1) is 8.47. The minimum atomic E-state index is -0.436. The van der Waals surface area contributed by atoms with E-state index in [4.69, 9.17) is 0 Å². The van der Waals surface area contributed by atoms with E-state index in [0.29, 0.717) is 0 Å². The fourth-order valence-electron chi connectivity index (χ4n) is 0.381. The van der Waals surface area contributed by atoms with Crippen LogP contribution in [0.15, 0.2) is 0 Å². The summed E-state index contributed by atoms with van der Waals surface area (Å²) in [5.41, 5.74) is -0.436. The smallest absolute Gasteiger partial charge is 0.311 e. The minimum Gasteiger partial charge on any atom is -0.469 e. The van der Waals surface area contributed by atoms with E-state index in [9.17, 15) is 4.79 Å². The molecule has 0 unspecified atom stereocenters. The molecule has 0 atom stereocenters. The van der Waals surface area contributed by atoms with Gasteiger partial charge in [-0.1, -0.05) is 6.92 Å². The maximum absolute atomic E-state index is 10.8. The largest absolute Gasteiger partial charge is 0.469 e. The average molecular weight is 129 g/mol. The van der Waals surface area contributed by atoms with Crippen molar-refractivity contribution in [2.24, 2.45) is 5.41 Å². The maximum atomic E-state index is 10.8. The van der Waals surface area contributed by atoms with Gasteiger partial charge in [-0.15, -0.1) is 0 Å². The maximum Gasteiger partial charge on any atom is 0.311 e. The topological polar surface area (TPSA) is 26.3 Å².